The molecule has 108 valence electrons. The predicted octanol–water partition coefficient (Wildman–Crippen LogP) is 3.61. The molecule has 20 heavy (non-hydrogen) atoms. The van der Waals surface area contributed by atoms with Gasteiger partial charge in [-0.2, -0.15) is 0 Å². The van der Waals surface area contributed by atoms with E-state index < -0.39 is 5.97 Å². The molecule has 2 rings (SSSR count). The van der Waals surface area contributed by atoms with Gasteiger partial charge in [0.25, 0.3) is 0 Å². The lowest BCUT2D eigenvalue weighted by molar-refractivity contribution is -0.131. The molecule has 0 unspecified atom stereocenters. The third-order valence-electron chi connectivity index (χ3n) is 3.78. The molecule has 1 aromatic rings. The standard InChI is InChI=1S/C17H22O3/c1-12(2)15(10-17(18)19)11-20-16-8-7-13-5-3-4-6-14(13)9-16/h7-10,12H,3-6,11H2,1-2H3,(H,18,19)/b15-10-. The Labute approximate surface area is 120 Å². The molecule has 0 aromatic heterocycles. The molecule has 1 aliphatic carbocycles. The Morgan fingerprint density at radius 1 is 1.30 bits per heavy atom. The molecule has 0 amide bonds. The van der Waals surface area contributed by atoms with E-state index in [0.717, 1.165) is 24.2 Å². The molecule has 1 aliphatic rings. The van der Waals surface area contributed by atoms with E-state index in [9.17, 15) is 4.79 Å². The van der Waals surface area contributed by atoms with E-state index in [-0.39, 0.29) is 5.92 Å². The number of aliphatic carboxylic acids is 1. The summed E-state index contributed by atoms with van der Waals surface area (Å²) in [6.07, 6.45) is 6.04. The summed E-state index contributed by atoms with van der Waals surface area (Å²) in [4.78, 5) is 10.8. The van der Waals surface area contributed by atoms with Gasteiger partial charge in [-0.1, -0.05) is 19.9 Å². The average Bonchev–Trinajstić information content (AvgIpc) is 2.42. The molecule has 0 spiro atoms. The molecule has 3 nitrogen and oxygen atoms in total. The number of hydrogen-bond donors (Lipinski definition) is 1. The minimum absolute atomic E-state index is 0.170. The molecule has 0 bridgehead atoms. The molecule has 1 aromatic carbocycles. The van der Waals surface area contributed by atoms with E-state index in [0.29, 0.717) is 6.61 Å². The Morgan fingerprint density at radius 2 is 2.00 bits per heavy atom. The lowest BCUT2D eigenvalue weighted by Gasteiger charge is -2.18. The molecular weight excluding hydrogens is 252 g/mol. The fraction of sp³-hybridized carbons (Fsp3) is 0.471. The number of carbonyl (C=O) groups is 1. The first-order valence-electron chi connectivity index (χ1n) is 7.24. The summed E-state index contributed by atoms with van der Waals surface area (Å²) in [5, 5.41) is 8.86. The molecule has 0 radical (unpaired) electrons. The van der Waals surface area contributed by atoms with Crippen LogP contribution in [0.5, 0.6) is 5.75 Å². The van der Waals surface area contributed by atoms with E-state index in [4.69, 9.17) is 9.84 Å². The van der Waals surface area contributed by atoms with Gasteiger partial charge in [0.2, 0.25) is 0 Å². The Bertz CT molecular complexity index is 515. The number of fused-ring (bicyclic) bond motifs is 1. The van der Waals surface area contributed by atoms with E-state index in [1.54, 1.807) is 0 Å². The molecule has 0 fully saturated rings. The van der Waals surface area contributed by atoms with E-state index in [1.807, 2.05) is 19.9 Å². The first-order chi connectivity index (χ1) is 9.56. The normalized spacial score (nSPS) is 15.1. The largest absolute Gasteiger partial charge is 0.489 e. The SMILES string of the molecule is CC(C)/C(=C\C(=O)O)COc1ccc2c(c1)CCCC2. The zero-order valence-electron chi connectivity index (χ0n) is 12.2. The van der Waals surface area contributed by atoms with Crippen LogP contribution in [-0.4, -0.2) is 17.7 Å². The quantitative estimate of drug-likeness (QED) is 0.834. The van der Waals surface area contributed by atoms with Crippen LogP contribution in [0.1, 0.15) is 37.8 Å². The maximum absolute atomic E-state index is 10.8. The molecular formula is C17H22O3. The highest BCUT2D eigenvalue weighted by molar-refractivity contribution is 5.80. The predicted molar refractivity (Wildman–Crippen MR) is 79.1 cm³/mol. The monoisotopic (exact) mass is 274 g/mol. The summed E-state index contributed by atoms with van der Waals surface area (Å²) in [6.45, 7) is 4.29. The van der Waals surface area contributed by atoms with Crippen LogP contribution in [0.3, 0.4) is 0 Å². The average molecular weight is 274 g/mol. The molecule has 0 saturated carbocycles. The highest BCUT2D eigenvalue weighted by atomic mass is 16.5. The van der Waals surface area contributed by atoms with Crippen LogP contribution >= 0.6 is 0 Å². The zero-order chi connectivity index (χ0) is 14.5. The molecule has 1 N–H and O–H groups in total. The van der Waals surface area contributed by atoms with Crippen molar-refractivity contribution in [3.05, 3.63) is 41.0 Å². The Balaban J connectivity index is 2.04. The van der Waals surface area contributed by atoms with Gasteiger partial charge in [0.1, 0.15) is 12.4 Å². The van der Waals surface area contributed by atoms with Crippen molar-refractivity contribution in [2.75, 3.05) is 6.61 Å². The second-order valence-electron chi connectivity index (χ2n) is 5.64. The smallest absolute Gasteiger partial charge is 0.328 e. The van der Waals surface area contributed by atoms with Gasteiger partial charge >= 0.3 is 5.97 Å². The number of benzene rings is 1. The van der Waals surface area contributed by atoms with Crippen molar-refractivity contribution in [2.24, 2.45) is 5.92 Å². The highest BCUT2D eigenvalue weighted by Gasteiger charge is 2.11. The Kier molecular flexibility index (Phi) is 4.83. The van der Waals surface area contributed by atoms with Gasteiger partial charge in [-0.05, 0) is 60.4 Å². The van der Waals surface area contributed by atoms with Crippen LogP contribution in [0.2, 0.25) is 0 Å². The van der Waals surface area contributed by atoms with Gasteiger partial charge in [-0.15, -0.1) is 0 Å². The van der Waals surface area contributed by atoms with Gasteiger partial charge in [-0.3, -0.25) is 0 Å². The van der Waals surface area contributed by atoms with Crippen LogP contribution in [0.15, 0.2) is 29.8 Å². The number of aryl methyl sites for hydroxylation is 2. The molecule has 0 atom stereocenters. The number of carboxylic acids is 1. The Morgan fingerprint density at radius 3 is 2.65 bits per heavy atom. The molecule has 0 saturated heterocycles. The first kappa shape index (κ1) is 14.6. The van der Waals surface area contributed by atoms with E-state index in [2.05, 4.69) is 12.1 Å². The summed E-state index contributed by atoms with van der Waals surface area (Å²) < 4.78 is 5.76. The fourth-order valence-corrected chi connectivity index (χ4v) is 2.50. The van der Waals surface area contributed by atoms with Crippen LogP contribution in [0.4, 0.5) is 0 Å². The number of rotatable bonds is 5. The fourth-order valence-electron chi connectivity index (χ4n) is 2.50. The number of ether oxygens (including phenoxy) is 1. The number of carboxylic acid groups (broad SMARTS) is 1. The van der Waals surface area contributed by atoms with E-state index in [1.165, 1.54) is 30.0 Å². The lowest BCUT2D eigenvalue weighted by atomic mass is 9.92. The zero-order valence-corrected chi connectivity index (χ0v) is 12.2. The van der Waals surface area contributed by atoms with Crippen molar-refractivity contribution in [1.29, 1.82) is 0 Å². The Hall–Kier alpha value is -1.77. The van der Waals surface area contributed by atoms with Crippen LogP contribution in [0.25, 0.3) is 0 Å². The summed E-state index contributed by atoms with van der Waals surface area (Å²) >= 11 is 0. The summed E-state index contributed by atoms with van der Waals surface area (Å²) in [5.74, 6) is 0.0917. The minimum atomic E-state index is -0.914. The minimum Gasteiger partial charge on any atom is -0.489 e. The van der Waals surface area contributed by atoms with Crippen molar-refractivity contribution in [3.63, 3.8) is 0 Å². The van der Waals surface area contributed by atoms with Crippen molar-refractivity contribution in [3.8, 4) is 5.75 Å². The van der Waals surface area contributed by atoms with Gasteiger partial charge in [0.05, 0.1) is 0 Å². The molecule has 3 heteroatoms. The third-order valence-corrected chi connectivity index (χ3v) is 3.78. The van der Waals surface area contributed by atoms with Crippen molar-refractivity contribution in [1.82, 2.24) is 0 Å². The van der Waals surface area contributed by atoms with Crippen molar-refractivity contribution in [2.45, 2.75) is 39.5 Å². The topological polar surface area (TPSA) is 46.5 Å². The van der Waals surface area contributed by atoms with Gasteiger partial charge in [-0.25, -0.2) is 4.79 Å². The number of hydrogen-bond acceptors (Lipinski definition) is 2. The maximum atomic E-state index is 10.8. The van der Waals surface area contributed by atoms with Crippen molar-refractivity contribution >= 4 is 5.97 Å². The molecule has 0 heterocycles. The highest BCUT2D eigenvalue weighted by Crippen LogP contribution is 2.25. The maximum Gasteiger partial charge on any atom is 0.328 e. The molecule has 0 aliphatic heterocycles. The van der Waals surface area contributed by atoms with Crippen LogP contribution in [0, 0.1) is 5.92 Å². The van der Waals surface area contributed by atoms with Gasteiger partial charge in [0.15, 0.2) is 0 Å². The first-order valence-corrected chi connectivity index (χ1v) is 7.24. The van der Waals surface area contributed by atoms with Gasteiger partial charge in [0, 0.05) is 6.08 Å². The van der Waals surface area contributed by atoms with Gasteiger partial charge < -0.3 is 9.84 Å². The summed E-state index contributed by atoms with van der Waals surface area (Å²) in [7, 11) is 0. The third kappa shape index (κ3) is 3.86. The van der Waals surface area contributed by atoms with Crippen molar-refractivity contribution < 1.29 is 14.6 Å². The second-order valence-corrected chi connectivity index (χ2v) is 5.64. The second kappa shape index (κ2) is 6.60. The lowest BCUT2D eigenvalue weighted by Crippen LogP contribution is -2.10. The summed E-state index contributed by atoms with van der Waals surface area (Å²) in [5.41, 5.74) is 3.60. The van der Waals surface area contributed by atoms with E-state index >= 15 is 0 Å². The van der Waals surface area contributed by atoms with Crippen LogP contribution < -0.4 is 4.74 Å². The van der Waals surface area contributed by atoms with Crippen LogP contribution in [-0.2, 0) is 17.6 Å². The summed E-state index contributed by atoms with van der Waals surface area (Å²) in [6, 6.07) is 6.23.